The van der Waals surface area contributed by atoms with Crippen molar-refractivity contribution in [1.29, 1.82) is 0 Å². The summed E-state index contributed by atoms with van der Waals surface area (Å²) in [5.74, 6) is 1.77. The normalized spacial score (nSPS) is 12.3. The summed E-state index contributed by atoms with van der Waals surface area (Å²) in [5.41, 5.74) is 8.71. The highest BCUT2D eigenvalue weighted by molar-refractivity contribution is 7.26. The Labute approximate surface area is 256 Å². The molecule has 0 atom stereocenters. The maximum atomic E-state index is 5.37. The van der Waals surface area contributed by atoms with Crippen LogP contribution in [0.5, 0.6) is 0 Å². The van der Waals surface area contributed by atoms with Crippen LogP contribution in [-0.4, -0.2) is 9.55 Å². The summed E-state index contributed by atoms with van der Waals surface area (Å²) in [6.07, 6.45) is 0. The van der Waals surface area contributed by atoms with Gasteiger partial charge in [0.1, 0.15) is 5.82 Å². The third-order valence-electron chi connectivity index (χ3n) is 8.94. The molecule has 0 saturated carbocycles. The molecular formula is C40H34N2S. The number of rotatable bonds is 4. The number of thiophene rings is 1. The molecule has 0 aliphatic rings. The highest BCUT2D eigenvalue weighted by Crippen LogP contribution is 2.44. The van der Waals surface area contributed by atoms with E-state index in [9.17, 15) is 0 Å². The number of benzene rings is 6. The maximum Gasteiger partial charge on any atom is 0.147 e. The van der Waals surface area contributed by atoms with E-state index in [1.165, 1.54) is 69.7 Å². The van der Waals surface area contributed by atoms with Crippen LogP contribution in [0.3, 0.4) is 0 Å². The summed E-state index contributed by atoms with van der Waals surface area (Å²) in [6.45, 7) is 11.5. The first-order valence-electron chi connectivity index (χ1n) is 15.3. The molecular weight excluding hydrogens is 541 g/mol. The van der Waals surface area contributed by atoms with Crippen LogP contribution < -0.4 is 0 Å². The van der Waals surface area contributed by atoms with Crippen molar-refractivity contribution < 1.29 is 0 Å². The average Bonchev–Trinajstić information content (AvgIpc) is 3.57. The van der Waals surface area contributed by atoms with E-state index in [2.05, 4.69) is 142 Å². The lowest BCUT2D eigenvalue weighted by molar-refractivity contribution is 0.808. The van der Waals surface area contributed by atoms with Crippen molar-refractivity contribution in [3.63, 3.8) is 0 Å². The van der Waals surface area contributed by atoms with Gasteiger partial charge in [0, 0.05) is 25.7 Å². The first-order chi connectivity index (χ1) is 20.9. The van der Waals surface area contributed by atoms with Crippen LogP contribution in [0, 0.1) is 6.92 Å². The maximum absolute atomic E-state index is 5.37. The standard InChI is InChI=1S/C40H34N2S/c1-23(2)31-19-25(5)20-32(24(3)4)38(31)42-36-16-9-8-15-35(36)41-40(42)30-14-10-13-29-34-22-33-27(21-37(34)43-39(29)30)18-17-26-11-6-7-12-28(26)33/h6-24H,1-5H3. The molecule has 2 heterocycles. The van der Waals surface area contributed by atoms with E-state index in [-0.39, 0.29) is 0 Å². The number of aromatic nitrogens is 2. The topological polar surface area (TPSA) is 17.8 Å². The number of imidazole rings is 1. The van der Waals surface area contributed by atoms with E-state index in [1.807, 2.05) is 11.3 Å². The van der Waals surface area contributed by atoms with Crippen LogP contribution >= 0.6 is 11.3 Å². The second kappa shape index (κ2) is 9.79. The zero-order valence-corrected chi connectivity index (χ0v) is 26.1. The number of aryl methyl sites for hydroxylation is 1. The minimum absolute atomic E-state index is 0.379. The van der Waals surface area contributed by atoms with Crippen molar-refractivity contribution in [3.8, 4) is 17.1 Å². The molecule has 0 radical (unpaired) electrons. The molecule has 210 valence electrons. The molecule has 2 nitrogen and oxygen atoms in total. The minimum atomic E-state index is 0.379. The molecule has 0 unspecified atom stereocenters. The van der Waals surface area contributed by atoms with Gasteiger partial charge in [0.05, 0.1) is 16.7 Å². The first kappa shape index (κ1) is 26.2. The van der Waals surface area contributed by atoms with Gasteiger partial charge in [0.2, 0.25) is 0 Å². The SMILES string of the molecule is Cc1cc(C(C)C)c(-n2c(-c3cccc4c3sc3cc5ccc6ccccc6c5cc34)nc3ccccc32)c(C(C)C)c1. The summed E-state index contributed by atoms with van der Waals surface area (Å²) in [5, 5.41) is 7.79. The summed E-state index contributed by atoms with van der Waals surface area (Å²) in [4.78, 5) is 5.37. The largest absolute Gasteiger partial charge is 0.292 e. The molecule has 0 aliphatic heterocycles. The number of hydrogen-bond acceptors (Lipinski definition) is 2. The van der Waals surface area contributed by atoms with Crippen molar-refractivity contribution >= 4 is 64.1 Å². The van der Waals surface area contributed by atoms with Crippen molar-refractivity contribution in [2.75, 3.05) is 0 Å². The van der Waals surface area contributed by atoms with E-state index < -0.39 is 0 Å². The van der Waals surface area contributed by atoms with Gasteiger partial charge in [-0.3, -0.25) is 4.57 Å². The van der Waals surface area contributed by atoms with E-state index in [0.717, 1.165) is 16.9 Å². The fourth-order valence-electron chi connectivity index (χ4n) is 6.88. The molecule has 3 heteroatoms. The van der Waals surface area contributed by atoms with Gasteiger partial charge in [-0.1, -0.05) is 106 Å². The van der Waals surface area contributed by atoms with Gasteiger partial charge in [0.25, 0.3) is 0 Å². The Kier molecular flexibility index (Phi) is 5.96. The van der Waals surface area contributed by atoms with Crippen LogP contribution in [-0.2, 0) is 0 Å². The highest BCUT2D eigenvalue weighted by atomic mass is 32.1. The smallest absolute Gasteiger partial charge is 0.147 e. The van der Waals surface area contributed by atoms with Crippen LogP contribution in [0.2, 0.25) is 0 Å². The van der Waals surface area contributed by atoms with E-state index >= 15 is 0 Å². The second-order valence-electron chi connectivity index (χ2n) is 12.5. The molecule has 43 heavy (non-hydrogen) atoms. The highest BCUT2D eigenvalue weighted by Gasteiger charge is 2.24. The molecule has 0 fully saturated rings. The Hall–Kier alpha value is -4.47. The zero-order valence-electron chi connectivity index (χ0n) is 25.3. The third kappa shape index (κ3) is 4.02. The van der Waals surface area contributed by atoms with Gasteiger partial charge in [-0.25, -0.2) is 4.98 Å². The number of fused-ring (bicyclic) bond motifs is 7. The summed E-state index contributed by atoms with van der Waals surface area (Å²) >= 11 is 1.89. The summed E-state index contributed by atoms with van der Waals surface area (Å²) < 4.78 is 5.06. The Bertz CT molecular complexity index is 2340. The van der Waals surface area contributed by atoms with Gasteiger partial charge in [0.15, 0.2) is 0 Å². The molecule has 8 rings (SSSR count). The third-order valence-corrected chi connectivity index (χ3v) is 10.1. The summed E-state index contributed by atoms with van der Waals surface area (Å²) in [7, 11) is 0. The molecule has 0 spiro atoms. The fourth-order valence-corrected chi connectivity index (χ4v) is 8.12. The average molecular weight is 575 g/mol. The van der Waals surface area contributed by atoms with Crippen LogP contribution in [0.15, 0.2) is 103 Å². The van der Waals surface area contributed by atoms with Gasteiger partial charge >= 0.3 is 0 Å². The van der Waals surface area contributed by atoms with Crippen LogP contribution in [0.4, 0.5) is 0 Å². The van der Waals surface area contributed by atoms with E-state index in [1.54, 1.807) is 0 Å². The van der Waals surface area contributed by atoms with Crippen molar-refractivity contribution in [2.24, 2.45) is 0 Å². The van der Waals surface area contributed by atoms with Crippen molar-refractivity contribution in [1.82, 2.24) is 9.55 Å². The van der Waals surface area contributed by atoms with Gasteiger partial charge in [-0.15, -0.1) is 11.3 Å². The van der Waals surface area contributed by atoms with Gasteiger partial charge < -0.3 is 0 Å². The Morgan fingerprint density at radius 3 is 2.12 bits per heavy atom. The monoisotopic (exact) mass is 574 g/mol. The molecule has 2 aromatic heterocycles. The quantitative estimate of drug-likeness (QED) is 0.191. The van der Waals surface area contributed by atoms with E-state index in [0.29, 0.717) is 11.8 Å². The van der Waals surface area contributed by atoms with Crippen LogP contribution in [0.25, 0.3) is 69.8 Å². The molecule has 0 aliphatic carbocycles. The van der Waals surface area contributed by atoms with E-state index in [4.69, 9.17) is 4.98 Å². The predicted molar refractivity (Wildman–Crippen MR) is 187 cm³/mol. The minimum Gasteiger partial charge on any atom is -0.292 e. The van der Waals surface area contributed by atoms with Gasteiger partial charge in [-0.2, -0.15) is 0 Å². The molecule has 0 saturated heterocycles. The lowest BCUT2D eigenvalue weighted by Crippen LogP contribution is -2.09. The summed E-state index contributed by atoms with van der Waals surface area (Å²) in [6, 6.07) is 38.1. The van der Waals surface area contributed by atoms with Gasteiger partial charge in [-0.05, 0) is 81.8 Å². The lowest BCUT2D eigenvalue weighted by atomic mass is 9.90. The fraction of sp³-hybridized carbons (Fsp3) is 0.175. The molecule has 6 aromatic carbocycles. The second-order valence-corrected chi connectivity index (χ2v) is 13.6. The van der Waals surface area contributed by atoms with Crippen molar-refractivity contribution in [2.45, 2.75) is 46.5 Å². The Balaban J connectivity index is 1.47. The Morgan fingerprint density at radius 1 is 0.628 bits per heavy atom. The van der Waals surface area contributed by atoms with Crippen molar-refractivity contribution in [3.05, 3.63) is 120 Å². The number of para-hydroxylation sites is 2. The number of nitrogens with zero attached hydrogens (tertiary/aromatic N) is 2. The molecule has 0 N–H and O–H groups in total. The van der Waals surface area contributed by atoms with Crippen LogP contribution in [0.1, 0.15) is 56.2 Å². The Morgan fingerprint density at radius 2 is 1.33 bits per heavy atom. The first-order valence-corrected chi connectivity index (χ1v) is 16.1. The molecule has 0 bridgehead atoms. The molecule has 8 aromatic rings. The zero-order chi connectivity index (χ0) is 29.4. The lowest BCUT2D eigenvalue weighted by Gasteiger charge is -2.23. The number of hydrogen-bond donors (Lipinski definition) is 0. The molecule has 0 amide bonds. The predicted octanol–water partition coefficient (Wildman–Crippen LogP) is 11.9.